The van der Waals surface area contributed by atoms with E-state index in [-0.39, 0.29) is 10.9 Å². The Labute approximate surface area is 136 Å². The standard InChI is InChI=1S/C13H14BrClN2O2S/c14-9-7-8(15)1-2-10(9)17-12(18)13(11(16)20)3-5-19-6-4-13/h1-2,7H,3-6H2,(H2,16,20)(H,17,18). The lowest BCUT2D eigenvalue weighted by Gasteiger charge is -2.34. The summed E-state index contributed by atoms with van der Waals surface area (Å²) in [5, 5.41) is 3.45. The molecule has 0 aliphatic carbocycles. The maximum atomic E-state index is 12.6. The van der Waals surface area contributed by atoms with E-state index in [1.165, 1.54) is 0 Å². The molecule has 1 aromatic carbocycles. The van der Waals surface area contributed by atoms with Crippen LogP contribution in [0.15, 0.2) is 22.7 Å². The van der Waals surface area contributed by atoms with Gasteiger partial charge in [0.15, 0.2) is 0 Å². The van der Waals surface area contributed by atoms with Crippen LogP contribution in [0.2, 0.25) is 5.02 Å². The van der Waals surface area contributed by atoms with Crippen LogP contribution in [0, 0.1) is 5.41 Å². The van der Waals surface area contributed by atoms with Gasteiger partial charge in [-0.2, -0.15) is 0 Å². The van der Waals surface area contributed by atoms with Gasteiger partial charge in [-0.3, -0.25) is 4.79 Å². The van der Waals surface area contributed by atoms with E-state index in [9.17, 15) is 4.79 Å². The minimum absolute atomic E-state index is 0.198. The minimum Gasteiger partial charge on any atom is -0.392 e. The fourth-order valence-electron chi connectivity index (χ4n) is 2.14. The molecule has 20 heavy (non-hydrogen) atoms. The van der Waals surface area contributed by atoms with Crippen molar-refractivity contribution in [2.24, 2.45) is 11.1 Å². The molecule has 3 N–H and O–H groups in total. The van der Waals surface area contributed by atoms with Crippen molar-refractivity contribution in [3.05, 3.63) is 27.7 Å². The first-order chi connectivity index (χ1) is 9.45. The van der Waals surface area contributed by atoms with Gasteiger partial charge in [0.2, 0.25) is 5.91 Å². The molecule has 0 saturated carbocycles. The second-order valence-electron chi connectivity index (χ2n) is 4.64. The second kappa shape index (κ2) is 6.39. The molecule has 2 rings (SSSR count). The highest BCUT2D eigenvalue weighted by Crippen LogP contribution is 2.34. The molecule has 108 valence electrons. The van der Waals surface area contributed by atoms with Gasteiger partial charge in [-0.15, -0.1) is 0 Å². The Kier molecular flexibility index (Phi) is 5.01. The molecule has 0 unspecified atom stereocenters. The monoisotopic (exact) mass is 376 g/mol. The summed E-state index contributed by atoms with van der Waals surface area (Å²) in [5.41, 5.74) is 5.60. The van der Waals surface area contributed by atoms with Crippen LogP contribution in [0.3, 0.4) is 0 Å². The third-order valence-corrected chi connectivity index (χ3v) is 4.71. The van der Waals surface area contributed by atoms with E-state index in [2.05, 4.69) is 21.2 Å². The van der Waals surface area contributed by atoms with Crippen LogP contribution in [-0.2, 0) is 9.53 Å². The number of nitrogens with two attached hydrogens (primary N) is 1. The van der Waals surface area contributed by atoms with Gasteiger partial charge in [0, 0.05) is 22.7 Å². The summed E-state index contributed by atoms with van der Waals surface area (Å²) >= 11 is 14.3. The summed E-state index contributed by atoms with van der Waals surface area (Å²) < 4.78 is 6.00. The number of hydrogen-bond donors (Lipinski definition) is 2. The topological polar surface area (TPSA) is 64.4 Å². The molecule has 0 radical (unpaired) electrons. The van der Waals surface area contributed by atoms with Crippen molar-refractivity contribution in [3.8, 4) is 0 Å². The Hall–Kier alpha value is -0.690. The molecule has 0 bridgehead atoms. The molecule has 1 aliphatic heterocycles. The molecule has 7 heteroatoms. The quantitative estimate of drug-likeness (QED) is 0.794. The lowest BCUT2D eigenvalue weighted by atomic mass is 9.79. The minimum atomic E-state index is -0.841. The largest absolute Gasteiger partial charge is 0.392 e. The van der Waals surface area contributed by atoms with Gasteiger partial charge < -0.3 is 15.8 Å². The van der Waals surface area contributed by atoms with E-state index in [1.54, 1.807) is 18.2 Å². The van der Waals surface area contributed by atoms with Gasteiger partial charge >= 0.3 is 0 Å². The van der Waals surface area contributed by atoms with Crippen molar-refractivity contribution in [3.63, 3.8) is 0 Å². The Morgan fingerprint density at radius 1 is 1.45 bits per heavy atom. The van der Waals surface area contributed by atoms with Crippen molar-refractivity contribution < 1.29 is 9.53 Å². The number of carbonyl (C=O) groups is 1. The molecular weight excluding hydrogens is 364 g/mol. The highest BCUT2D eigenvalue weighted by atomic mass is 79.9. The van der Waals surface area contributed by atoms with Crippen LogP contribution in [0.5, 0.6) is 0 Å². The fourth-order valence-corrected chi connectivity index (χ4v) is 3.22. The number of benzene rings is 1. The van der Waals surface area contributed by atoms with Crippen molar-refractivity contribution in [2.75, 3.05) is 18.5 Å². The van der Waals surface area contributed by atoms with Crippen molar-refractivity contribution >= 4 is 56.3 Å². The van der Waals surface area contributed by atoms with Crippen LogP contribution >= 0.6 is 39.7 Å². The Balaban J connectivity index is 2.22. The van der Waals surface area contributed by atoms with Crippen molar-refractivity contribution in [1.82, 2.24) is 0 Å². The SMILES string of the molecule is NC(=S)C1(C(=O)Nc2ccc(Cl)cc2Br)CCOCC1. The summed E-state index contributed by atoms with van der Waals surface area (Å²) in [6.45, 7) is 0.957. The predicted octanol–water partition coefficient (Wildman–Crippen LogP) is 3.12. The first-order valence-corrected chi connectivity index (χ1v) is 7.68. The Bertz CT molecular complexity index is 547. The van der Waals surface area contributed by atoms with Crippen LogP contribution in [0.4, 0.5) is 5.69 Å². The maximum Gasteiger partial charge on any atom is 0.237 e. The lowest BCUT2D eigenvalue weighted by molar-refractivity contribution is -0.126. The highest BCUT2D eigenvalue weighted by Gasteiger charge is 2.43. The van der Waals surface area contributed by atoms with Gasteiger partial charge in [-0.05, 0) is 47.0 Å². The molecule has 1 amide bonds. The van der Waals surface area contributed by atoms with E-state index in [0.29, 0.717) is 41.2 Å². The Morgan fingerprint density at radius 2 is 2.10 bits per heavy atom. The first-order valence-electron chi connectivity index (χ1n) is 6.10. The molecule has 0 aromatic heterocycles. The van der Waals surface area contributed by atoms with E-state index in [0.717, 1.165) is 0 Å². The first kappa shape index (κ1) is 15.7. The zero-order chi connectivity index (χ0) is 14.8. The van der Waals surface area contributed by atoms with E-state index in [4.69, 9.17) is 34.3 Å². The third-order valence-electron chi connectivity index (χ3n) is 3.43. The molecule has 1 heterocycles. The van der Waals surface area contributed by atoms with Crippen LogP contribution in [-0.4, -0.2) is 24.1 Å². The number of carbonyl (C=O) groups excluding carboxylic acids is 1. The molecule has 0 atom stereocenters. The molecule has 0 spiro atoms. The van der Waals surface area contributed by atoms with E-state index >= 15 is 0 Å². The van der Waals surface area contributed by atoms with Crippen LogP contribution in [0.1, 0.15) is 12.8 Å². The molecule has 1 aliphatic rings. The van der Waals surface area contributed by atoms with Crippen LogP contribution in [0.25, 0.3) is 0 Å². The van der Waals surface area contributed by atoms with Gasteiger partial charge in [0.1, 0.15) is 5.41 Å². The number of hydrogen-bond acceptors (Lipinski definition) is 3. The van der Waals surface area contributed by atoms with Gasteiger partial charge in [0.05, 0.1) is 10.7 Å². The average molecular weight is 378 g/mol. The van der Waals surface area contributed by atoms with Gasteiger partial charge in [0.25, 0.3) is 0 Å². The normalized spacial score (nSPS) is 17.5. The average Bonchev–Trinajstić information content (AvgIpc) is 2.42. The molecular formula is C13H14BrClN2O2S. The molecule has 4 nitrogen and oxygen atoms in total. The zero-order valence-corrected chi connectivity index (χ0v) is 13.8. The molecule has 1 saturated heterocycles. The summed E-state index contributed by atoms with van der Waals surface area (Å²) in [6.07, 6.45) is 0.999. The van der Waals surface area contributed by atoms with Gasteiger partial charge in [-0.25, -0.2) is 0 Å². The fraction of sp³-hybridized carbons (Fsp3) is 0.385. The smallest absolute Gasteiger partial charge is 0.237 e. The highest BCUT2D eigenvalue weighted by molar-refractivity contribution is 9.10. The van der Waals surface area contributed by atoms with Crippen molar-refractivity contribution in [1.29, 1.82) is 0 Å². The number of thiocarbonyl (C=S) groups is 1. The number of nitrogens with one attached hydrogen (secondary N) is 1. The number of amides is 1. The molecule has 1 aromatic rings. The van der Waals surface area contributed by atoms with Crippen molar-refractivity contribution in [2.45, 2.75) is 12.8 Å². The molecule has 1 fully saturated rings. The second-order valence-corrected chi connectivity index (χ2v) is 6.37. The predicted molar refractivity (Wildman–Crippen MR) is 87.1 cm³/mol. The maximum absolute atomic E-state index is 12.6. The zero-order valence-electron chi connectivity index (χ0n) is 10.6. The van der Waals surface area contributed by atoms with Crippen LogP contribution < -0.4 is 11.1 Å². The summed E-state index contributed by atoms with van der Waals surface area (Å²) in [7, 11) is 0. The van der Waals surface area contributed by atoms with E-state index in [1.807, 2.05) is 0 Å². The Morgan fingerprint density at radius 3 is 2.65 bits per heavy atom. The summed E-state index contributed by atoms with van der Waals surface area (Å²) in [5.74, 6) is -0.198. The van der Waals surface area contributed by atoms with Gasteiger partial charge in [-0.1, -0.05) is 23.8 Å². The summed E-state index contributed by atoms with van der Waals surface area (Å²) in [4.78, 5) is 12.8. The number of rotatable bonds is 3. The number of ether oxygens (including phenoxy) is 1. The van der Waals surface area contributed by atoms with E-state index < -0.39 is 5.41 Å². The third kappa shape index (κ3) is 3.14. The lowest BCUT2D eigenvalue weighted by Crippen LogP contribution is -2.49. The number of halogens is 2. The summed E-state index contributed by atoms with van der Waals surface area (Å²) in [6, 6.07) is 5.16. The number of anilines is 1.